The Morgan fingerprint density at radius 1 is 0.750 bits per heavy atom. The predicted octanol–water partition coefficient (Wildman–Crippen LogP) is 6.49. The van der Waals surface area contributed by atoms with Gasteiger partial charge in [-0.3, -0.25) is 4.98 Å². The molecule has 3 aromatic carbocycles. The summed E-state index contributed by atoms with van der Waals surface area (Å²) in [7, 11) is 0. The molecule has 2 nitrogen and oxygen atoms in total. The van der Waals surface area contributed by atoms with Gasteiger partial charge in [0.1, 0.15) is 0 Å². The lowest BCUT2D eigenvalue weighted by Gasteiger charge is -2.21. The van der Waals surface area contributed by atoms with Crippen LogP contribution in [0, 0.1) is 0 Å². The smallest absolute Gasteiger partial charge is 0.0718 e. The maximum absolute atomic E-state index is 4.52. The molecule has 0 saturated carbocycles. The predicted molar refractivity (Wildman–Crippen MR) is 116 cm³/mol. The molecule has 0 spiro atoms. The van der Waals surface area contributed by atoms with E-state index >= 15 is 0 Å². The van der Waals surface area contributed by atoms with Gasteiger partial charge in [0.2, 0.25) is 0 Å². The molecule has 0 radical (unpaired) electrons. The van der Waals surface area contributed by atoms with Crippen LogP contribution >= 0.6 is 0 Å². The van der Waals surface area contributed by atoms with E-state index in [2.05, 4.69) is 96.3 Å². The molecule has 0 saturated heterocycles. The molecule has 2 aromatic heterocycles. The number of hydrogen-bond acceptors (Lipinski definition) is 1. The second-order valence-corrected chi connectivity index (χ2v) is 8.16. The molecule has 0 fully saturated rings. The number of nitrogens with zero attached hydrogens (tertiary/aromatic N) is 2. The van der Waals surface area contributed by atoms with E-state index in [4.69, 9.17) is 0 Å². The molecule has 1 aliphatic carbocycles. The van der Waals surface area contributed by atoms with E-state index < -0.39 is 0 Å². The van der Waals surface area contributed by atoms with Gasteiger partial charge < -0.3 is 4.57 Å². The highest BCUT2D eigenvalue weighted by molar-refractivity contribution is 6.03. The zero-order valence-electron chi connectivity index (χ0n) is 16.0. The van der Waals surface area contributed by atoms with E-state index in [1.807, 2.05) is 12.4 Å². The van der Waals surface area contributed by atoms with E-state index in [9.17, 15) is 0 Å². The third-order valence-corrected chi connectivity index (χ3v) is 6.30. The molecular weight excluding hydrogens is 340 g/mol. The molecule has 0 bridgehead atoms. The van der Waals surface area contributed by atoms with E-state index in [0.29, 0.717) is 0 Å². The molecular formula is C26H20N2. The van der Waals surface area contributed by atoms with Gasteiger partial charge in [-0.15, -0.1) is 0 Å². The van der Waals surface area contributed by atoms with Crippen LogP contribution in [0.2, 0.25) is 0 Å². The largest absolute Gasteiger partial charge is 0.314 e. The molecule has 0 unspecified atom stereocenters. The van der Waals surface area contributed by atoms with Crippen molar-refractivity contribution in [2.45, 2.75) is 19.3 Å². The van der Waals surface area contributed by atoms with Crippen molar-refractivity contribution in [3.8, 4) is 16.8 Å². The maximum atomic E-state index is 4.52. The SMILES string of the molecule is CC1(C)c2ccccc2-c2c1ccc1ccn(-c3cncc4ccccc34)c21. The van der Waals surface area contributed by atoms with Crippen LogP contribution in [0.4, 0.5) is 0 Å². The van der Waals surface area contributed by atoms with Gasteiger partial charge in [-0.2, -0.15) is 0 Å². The fraction of sp³-hybridized carbons (Fsp3) is 0.115. The normalized spacial score (nSPS) is 14.4. The average molecular weight is 360 g/mol. The number of aromatic nitrogens is 2. The van der Waals surface area contributed by atoms with Gasteiger partial charge in [0.15, 0.2) is 0 Å². The van der Waals surface area contributed by atoms with E-state index in [1.165, 1.54) is 38.5 Å². The van der Waals surface area contributed by atoms with Crippen molar-refractivity contribution in [2.75, 3.05) is 0 Å². The van der Waals surface area contributed by atoms with Crippen molar-refractivity contribution in [1.29, 1.82) is 0 Å². The molecule has 0 atom stereocenters. The summed E-state index contributed by atoms with van der Waals surface area (Å²) < 4.78 is 2.32. The third-order valence-electron chi connectivity index (χ3n) is 6.30. The molecule has 0 aliphatic heterocycles. The lowest BCUT2D eigenvalue weighted by atomic mass is 9.82. The van der Waals surface area contributed by atoms with Crippen LogP contribution in [0.25, 0.3) is 38.5 Å². The van der Waals surface area contributed by atoms with Crippen LogP contribution in [0.1, 0.15) is 25.0 Å². The Kier molecular flexibility index (Phi) is 2.98. The average Bonchev–Trinajstić information content (AvgIpc) is 3.25. The molecule has 0 N–H and O–H groups in total. The summed E-state index contributed by atoms with van der Waals surface area (Å²) in [6.45, 7) is 4.66. The first kappa shape index (κ1) is 15.6. The molecule has 134 valence electrons. The number of hydrogen-bond donors (Lipinski definition) is 0. The van der Waals surface area contributed by atoms with Crippen molar-refractivity contribution in [3.05, 3.63) is 96.4 Å². The summed E-state index contributed by atoms with van der Waals surface area (Å²) in [5.41, 5.74) is 7.91. The summed E-state index contributed by atoms with van der Waals surface area (Å²) in [5, 5.41) is 3.65. The molecule has 2 heteroatoms. The van der Waals surface area contributed by atoms with Gasteiger partial charge in [0.25, 0.3) is 0 Å². The highest BCUT2D eigenvalue weighted by Crippen LogP contribution is 2.51. The summed E-state index contributed by atoms with van der Waals surface area (Å²) >= 11 is 0. The van der Waals surface area contributed by atoms with Crippen molar-refractivity contribution < 1.29 is 0 Å². The highest BCUT2D eigenvalue weighted by atomic mass is 15.0. The van der Waals surface area contributed by atoms with Gasteiger partial charge in [-0.05, 0) is 22.8 Å². The lowest BCUT2D eigenvalue weighted by Crippen LogP contribution is -2.14. The summed E-state index contributed by atoms with van der Waals surface area (Å²) in [5.74, 6) is 0. The van der Waals surface area contributed by atoms with Gasteiger partial charge in [-0.25, -0.2) is 0 Å². The van der Waals surface area contributed by atoms with Crippen LogP contribution in [-0.2, 0) is 5.41 Å². The quantitative estimate of drug-likeness (QED) is 0.334. The monoisotopic (exact) mass is 360 g/mol. The first-order valence-corrected chi connectivity index (χ1v) is 9.74. The van der Waals surface area contributed by atoms with Gasteiger partial charge in [0, 0.05) is 39.5 Å². The summed E-state index contributed by atoms with van der Waals surface area (Å²) in [6, 6.07) is 24.1. The molecule has 1 aliphatic rings. The first-order valence-electron chi connectivity index (χ1n) is 9.74. The minimum absolute atomic E-state index is 0.00617. The van der Waals surface area contributed by atoms with Crippen LogP contribution in [-0.4, -0.2) is 9.55 Å². The van der Waals surface area contributed by atoms with Crippen LogP contribution in [0.5, 0.6) is 0 Å². The van der Waals surface area contributed by atoms with Crippen LogP contribution in [0.15, 0.2) is 85.3 Å². The minimum atomic E-state index is 0.00617. The standard InChI is InChI=1S/C26H20N2/c1-26(2)21-10-6-5-9-20(21)24-22(26)12-11-17-13-14-28(25(17)24)23-16-27-15-18-7-3-4-8-19(18)23/h3-16H,1-2H3. The minimum Gasteiger partial charge on any atom is -0.314 e. The topological polar surface area (TPSA) is 17.8 Å². The van der Waals surface area contributed by atoms with Crippen LogP contribution < -0.4 is 0 Å². The fourth-order valence-electron chi connectivity index (χ4n) is 4.91. The number of fused-ring (bicyclic) bond motifs is 6. The Morgan fingerprint density at radius 3 is 2.50 bits per heavy atom. The van der Waals surface area contributed by atoms with E-state index in [1.54, 1.807) is 0 Å². The molecule has 28 heavy (non-hydrogen) atoms. The second kappa shape index (κ2) is 5.32. The number of pyridine rings is 1. The number of rotatable bonds is 1. The molecule has 6 rings (SSSR count). The Balaban J connectivity index is 1.77. The highest BCUT2D eigenvalue weighted by Gasteiger charge is 2.36. The fourth-order valence-corrected chi connectivity index (χ4v) is 4.91. The maximum Gasteiger partial charge on any atom is 0.0718 e. The van der Waals surface area contributed by atoms with Gasteiger partial charge in [-0.1, -0.05) is 74.5 Å². The Bertz CT molecular complexity index is 1380. The van der Waals surface area contributed by atoms with Crippen molar-refractivity contribution >= 4 is 21.7 Å². The Hall–Kier alpha value is -3.39. The molecule has 0 amide bonds. The zero-order valence-corrected chi connectivity index (χ0v) is 16.0. The van der Waals surface area contributed by atoms with E-state index in [-0.39, 0.29) is 5.41 Å². The second-order valence-electron chi connectivity index (χ2n) is 8.16. The molecule has 5 aromatic rings. The lowest BCUT2D eigenvalue weighted by molar-refractivity contribution is 0.661. The van der Waals surface area contributed by atoms with Crippen molar-refractivity contribution in [3.63, 3.8) is 0 Å². The van der Waals surface area contributed by atoms with Crippen LogP contribution in [0.3, 0.4) is 0 Å². The Labute approximate surface area is 164 Å². The van der Waals surface area contributed by atoms with E-state index in [0.717, 1.165) is 11.1 Å². The first-order chi connectivity index (χ1) is 13.7. The Morgan fingerprint density at radius 2 is 1.57 bits per heavy atom. The zero-order chi connectivity index (χ0) is 18.9. The van der Waals surface area contributed by atoms with Crippen molar-refractivity contribution in [1.82, 2.24) is 9.55 Å². The van der Waals surface area contributed by atoms with Gasteiger partial charge >= 0.3 is 0 Å². The third kappa shape index (κ3) is 1.90. The molecule has 2 heterocycles. The summed E-state index contributed by atoms with van der Waals surface area (Å²) in [6.07, 6.45) is 6.10. The summed E-state index contributed by atoms with van der Waals surface area (Å²) in [4.78, 5) is 4.52. The number of benzene rings is 3. The van der Waals surface area contributed by atoms with Gasteiger partial charge in [0.05, 0.1) is 17.4 Å². The van der Waals surface area contributed by atoms with Crippen molar-refractivity contribution in [2.24, 2.45) is 0 Å².